The normalized spacial score (nSPS) is 30.6. The summed E-state index contributed by atoms with van der Waals surface area (Å²) in [5.74, 6) is -0.651. The molecule has 4 saturated carbocycles. The second-order valence-corrected chi connectivity index (χ2v) is 9.20. The van der Waals surface area contributed by atoms with Gasteiger partial charge in [0.15, 0.2) is 0 Å². The summed E-state index contributed by atoms with van der Waals surface area (Å²) in [4.78, 5) is 28.9. The summed E-state index contributed by atoms with van der Waals surface area (Å²) in [5.41, 5.74) is -1.09. The Bertz CT molecular complexity index is 1080. The van der Waals surface area contributed by atoms with Crippen LogP contribution in [0.5, 0.6) is 0 Å². The topological polar surface area (TPSA) is 80.3 Å². The minimum absolute atomic E-state index is 0.102. The Kier molecular flexibility index (Phi) is 4.70. The quantitative estimate of drug-likeness (QED) is 0.661. The molecule has 0 atom stereocenters. The van der Waals surface area contributed by atoms with Gasteiger partial charge in [0.25, 0.3) is 5.91 Å². The van der Waals surface area contributed by atoms with Crippen LogP contribution in [0.15, 0.2) is 30.3 Å². The summed E-state index contributed by atoms with van der Waals surface area (Å²) in [6.45, 7) is -0.102. The van der Waals surface area contributed by atoms with E-state index in [4.69, 9.17) is 4.74 Å². The fourth-order valence-corrected chi connectivity index (χ4v) is 4.95. The number of carbonyl (C=O) groups is 2. The minimum atomic E-state index is -4.44. The van der Waals surface area contributed by atoms with Crippen LogP contribution in [-0.2, 0) is 15.7 Å². The van der Waals surface area contributed by atoms with Crippen LogP contribution in [0.2, 0.25) is 0 Å². The van der Waals surface area contributed by atoms with Gasteiger partial charge < -0.3 is 15.4 Å². The summed E-state index contributed by atoms with van der Waals surface area (Å²) >= 11 is 0. The van der Waals surface area contributed by atoms with Crippen molar-refractivity contribution in [3.8, 4) is 0 Å². The van der Waals surface area contributed by atoms with Gasteiger partial charge >= 0.3 is 6.18 Å². The van der Waals surface area contributed by atoms with E-state index in [1.54, 1.807) is 0 Å². The predicted molar refractivity (Wildman–Crippen MR) is 106 cm³/mol. The summed E-state index contributed by atoms with van der Waals surface area (Å²) in [5, 5.41) is 6.18. The van der Waals surface area contributed by atoms with E-state index in [-0.39, 0.29) is 29.9 Å². The highest BCUT2D eigenvalue weighted by Crippen LogP contribution is 2.60. The highest BCUT2D eigenvalue weighted by molar-refractivity contribution is 5.96. The van der Waals surface area contributed by atoms with E-state index in [2.05, 4.69) is 15.6 Å². The van der Waals surface area contributed by atoms with Gasteiger partial charge in [-0.2, -0.15) is 13.2 Å². The lowest BCUT2D eigenvalue weighted by molar-refractivity contribution is -0.148. The van der Waals surface area contributed by atoms with Gasteiger partial charge in [0, 0.05) is 29.3 Å². The Balaban J connectivity index is 1.14. The van der Waals surface area contributed by atoms with Gasteiger partial charge in [-0.15, -0.1) is 0 Å². The molecule has 1 heterocycles. The lowest BCUT2D eigenvalue weighted by atomic mass is 9.44. The lowest BCUT2D eigenvalue weighted by Crippen LogP contribution is -2.84. The van der Waals surface area contributed by atoms with E-state index in [9.17, 15) is 27.2 Å². The molecule has 2 amide bonds. The Morgan fingerprint density at radius 1 is 1.06 bits per heavy atom. The molecule has 0 aliphatic heterocycles. The van der Waals surface area contributed by atoms with E-state index in [0.717, 1.165) is 12.1 Å². The fourth-order valence-electron chi connectivity index (χ4n) is 4.95. The zero-order valence-electron chi connectivity index (χ0n) is 17.0. The van der Waals surface area contributed by atoms with Crippen molar-refractivity contribution in [1.29, 1.82) is 0 Å². The zero-order chi connectivity index (χ0) is 22.7. The number of amides is 2. The van der Waals surface area contributed by atoms with Crippen molar-refractivity contribution in [2.45, 2.75) is 61.6 Å². The molecule has 6 nitrogen and oxygen atoms in total. The van der Waals surface area contributed by atoms with Crippen LogP contribution in [0.1, 0.15) is 48.2 Å². The van der Waals surface area contributed by atoms with E-state index in [1.165, 1.54) is 18.2 Å². The van der Waals surface area contributed by atoms with Crippen molar-refractivity contribution in [2.75, 3.05) is 6.61 Å². The van der Waals surface area contributed by atoms with Crippen molar-refractivity contribution in [3.63, 3.8) is 0 Å². The molecular formula is C22H21F4N3O3. The molecule has 6 rings (SSSR count). The van der Waals surface area contributed by atoms with Crippen LogP contribution in [-0.4, -0.2) is 46.8 Å². The number of pyridine rings is 1. The predicted octanol–water partition coefficient (Wildman–Crippen LogP) is 3.29. The molecule has 1 aromatic carbocycles. The van der Waals surface area contributed by atoms with Crippen molar-refractivity contribution in [2.24, 2.45) is 0 Å². The van der Waals surface area contributed by atoms with Crippen LogP contribution in [0, 0.1) is 0 Å². The molecule has 1 aromatic heterocycles. The first-order valence-corrected chi connectivity index (χ1v) is 10.4. The summed E-state index contributed by atoms with van der Waals surface area (Å²) in [6, 6.07) is 6.04. The van der Waals surface area contributed by atoms with Crippen molar-refractivity contribution < 1.29 is 31.9 Å². The third kappa shape index (κ3) is 3.80. The summed E-state index contributed by atoms with van der Waals surface area (Å²) in [6.07, 6.45) is -3.02. The second kappa shape index (κ2) is 7.13. The van der Waals surface area contributed by atoms with E-state index in [0.29, 0.717) is 43.0 Å². The van der Waals surface area contributed by atoms with Crippen LogP contribution in [0.25, 0.3) is 10.9 Å². The van der Waals surface area contributed by atoms with Gasteiger partial charge in [-0.05, 0) is 43.5 Å². The maximum Gasteiger partial charge on any atom is 0.416 e. The van der Waals surface area contributed by atoms with Gasteiger partial charge in [-0.3, -0.25) is 9.59 Å². The van der Waals surface area contributed by atoms with Crippen molar-refractivity contribution in [1.82, 2.24) is 15.6 Å². The SMILES string of the molecule is O=C(CO[C@H]1C[C@H](F)C1)NC12CC(NC(=O)c3ccc4cc(C(F)(F)F)ccc4n3)(C1)C2. The fraction of sp³-hybridized carbons (Fsp3) is 0.500. The first-order chi connectivity index (χ1) is 15.0. The Labute approximate surface area is 180 Å². The molecule has 0 saturated heterocycles. The highest BCUT2D eigenvalue weighted by atomic mass is 19.4. The van der Waals surface area contributed by atoms with Gasteiger partial charge in [0.2, 0.25) is 5.91 Å². The first-order valence-electron chi connectivity index (χ1n) is 10.4. The second-order valence-electron chi connectivity index (χ2n) is 9.20. The number of nitrogens with zero attached hydrogens (tertiary/aromatic N) is 1. The monoisotopic (exact) mass is 451 g/mol. The van der Waals surface area contributed by atoms with E-state index >= 15 is 0 Å². The standard InChI is InChI=1S/C22H21F4N3O3/c23-14-6-15(7-14)32-8-18(30)28-20-9-21(10-20,11-20)29-19(31)17-3-1-12-5-13(22(24,25)26)2-4-16(12)27-17/h1-5,14-15H,6-11H2,(H,28,30)(H,29,31)/t14-,15-,20?,21?. The lowest BCUT2D eigenvalue weighted by Gasteiger charge is -2.70. The highest BCUT2D eigenvalue weighted by Gasteiger charge is 2.69. The van der Waals surface area contributed by atoms with Crippen molar-refractivity contribution in [3.05, 3.63) is 41.6 Å². The number of hydrogen-bond acceptors (Lipinski definition) is 4. The Hall–Kier alpha value is -2.75. The molecule has 4 aliphatic rings. The number of alkyl halides is 4. The van der Waals surface area contributed by atoms with Gasteiger partial charge in [-0.1, -0.05) is 6.07 Å². The Morgan fingerprint density at radius 3 is 2.41 bits per heavy atom. The van der Waals surface area contributed by atoms with Gasteiger partial charge in [0.05, 0.1) is 17.2 Å². The molecular weight excluding hydrogens is 430 g/mol. The average molecular weight is 451 g/mol. The molecule has 2 N–H and O–H groups in total. The number of nitrogens with one attached hydrogen (secondary N) is 2. The zero-order valence-corrected chi connectivity index (χ0v) is 17.0. The summed E-state index contributed by atoms with van der Waals surface area (Å²) < 4.78 is 56.7. The third-order valence-electron chi connectivity index (χ3n) is 6.55. The van der Waals surface area contributed by atoms with Crippen LogP contribution < -0.4 is 10.6 Å². The van der Waals surface area contributed by atoms with E-state index < -0.39 is 29.4 Å². The maximum absolute atomic E-state index is 12.8. The Morgan fingerprint density at radius 2 is 1.75 bits per heavy atom. The van der Waals surface area contributed by atoms with E-state index in [1.807, 2.05) is 0 Å². The maximum atomic E-state index is 12.8. The number of fused-ring (bicyclic) bond motifs is 1. The number of hydrogen-bond donors (Lipinski definition) is 2. The largest absolute Gasteiger partial charge is 0.416 e. The number of rotatable bonds is 6. The minimum Gasteiger partial charge on any atom is -0.368 e. The molecule has 4 fully saturated rings. The molecule has 170 valence electrons. The smallest absolute Gasteiger partial charge is 0.368 e. The number of ether oxygens (including phenoxy) is 1. The van der Waals surface area contributed by atoms with Crippen LogP contribution >= 0.6 is 0 Å². The molecule has 32 heavy (non-hydrogen) atoms. The number of carbonyl (C=O) groups excluding carboxylic acids is 2. The van der Waals surface area contributed by atoms with Gasteiger partial charge in [-0.25, -0.2) is 9.37 Å². The van der Waals surface area contributed by atoms with Crippen LogP contribution in [0.4, 0.5) is 17.6 Å². The number of benzene rings is 1. The number of halogens is 4. The van der Waals surface area contributed by atoms with Crippen LogP contribution in [0.3, 0.4) is 0 Å². The molecule has 0 unspecified atom stereocenters. The van der Waals surface area contributed by atoms with Crippen molar-refractivity contribution >= 4 is 22.7 Å². The van der Waals surface area contributed by atoms with Gasteiger partial charge in [0.1, 0.15) is 18.5 Å². The average Bonchev–Trinajstić information content (AvgIpc) is 2.66. The molecule has 0 spiro atoms. The molecule has 0 radical (unpaired) electrons. The number of aromatic nitrogens is 1. The third-order valence-corrected chi connectivity index (χ3v) is 6.55. The molecule has 2 bridgehead atoms. The first kappa shape index (κ1) is 21.1. The molecule has 2 aromatic rings. The summed E-state index contributed by atoms with van der Waals surface area (Å²) in [7, 11) is 0. The molecule has 10 heteroatoms. The molecule has 4 aliphatic carbocycles.